The number of carbonyl (C=O) groups is 1. The summed E-state index contributed by atoms with van der Waals surface area (Å²) in [5.74, 6) is 1.01. The number of tetrazole rings is 1. The van der Waals surface area contributed by atoms with Crippen molar-refractivity contribution < 1.29 is 4.79 Å². The molecule has 7 heteroatoms. The summed E-state index contributed by atoms with van der Waals surface area (Å²) in [7, 11) is 0. The van der Waals surface area contributed by atoms with Crippen LogP contribution in [0.1, 0.15) is 47.4 Å². The minimum absolute atomic E-state index is 0.0847. The molecule has 0 saturated carbocycles. The Hall–Kier alpha value is -1.50. The van der Waals surface area contributed by atoms with Gasteiger partial charge in [-0.1, -0.05) is 0 Å². The van der Waals surface area contributed by atoms with E-state index in [9.17, 15) is 4.79 Å². The summed E-state index contributed by atoms with van der Waals surface area (Å²) < 4.78 is 1.88. The molecular formula is C14H26N6O. The Morgan fingerprint density at radius 1 is 1.29 bits per heavy atom. The molecule has 2 heterocycles. The fraction of sp³-hybridized carbons (Fsp3) is 0.857. The minimum Gasteiger partial charge on any atom is -0.340 e. The van der Waals surface area contributed by atoms with Gasteiger partial charge in [0.15, 0.2) is 5.82 Å². The number of hydrogen-bond donors (Lipinski definition) is 0. The molecule has 118 valence electrons. The minimum atomic E-state index is -0.135. The molecule has 0 spiro atoms. The van der Waals surface area contributed by atoms with E-state index in [0.29, 0.717) is 6.54 Å². The maximum Gasteiger partial charge on any atom is 0.219 e. The molecule has 1 aliphatic heterocycles. The summed E-state index contributed by atoms with van der Waals surface area (Å²) in [5.41, 5.74) is -0.219. The largest absolute Gasteiger partial charge is 0.340 e. The third-order valence-corrected chi connectivity index (χ3v) is 4.02. The summed E-state index contributed by atoms with van der Waals surface area (Å²) in [4.78, 5) is 15.8. The van der Waals surface area contributed by atoms with Crippen molar-refractivity contribution in [3.8, 4) is 0 Å². The Morgan fingerprint density at radius 3 is 2.48 bits per heavy atom. The second kappa shape index (κ2) is 5.36. The number of carbonyl (C=O) groups excluding carboxylic acids is 1. The van der Waals surface area contributed by atoms with Crippen molar-refractivity contribution in [2.45, 2.75) is 59.2 Å². The van der Waals surface area contributed by atoms with Crippen LogP contribution in [-0.4, -0.2) is 61.1 Å². The first kappa shape index (κ1) is 15.9. The molecule has 1 aromatic heterocycles. The SMILES string of the molecule is CC(=O)N1CCN(Cc2nnnn2C(C)(C)C)C(C)(C)C1. The third kappa shape index (κ3) is 3.40. The first-order chi connectivity index (χ1) is 9.61. The van der Waals surface area contributed by atoms with Crippen molar-refractivity contribution >= 4 is 5.91 Å². The highest BCUT2D eigenvalue weighted by atomic mass is 16.2. The Bertz CT molecular complexity index is 516. The lowest BCUT2D eigenvalue weighted by atomic mass is 9.98. The quantitative estimate of drug-likeness (QED) is 0.809. The van der Waals surface area contributed by atoms with Gasteiger partial charge in [0.2, 0.25) is 5.91 Å². The molecule has 1 fully saturated rings. The van der Waals surface area contributed by atoms with Crippen LogP contribution in [0.3, 0.4) is 0 Å². The van der Waals surface area contributed by atoms with E-state index in [1.807, 2.05) is 9.58 Å². The first-order valence-electron chi connectivity index (χ1n) is 7.39. The highest BCUT2D eigenvalue weighted by Crippen LogP contribution is 2.24. The van der Waals surface area contributed by atoms with E-state index in [0.717, 1.165) is 25.5 Å². The van der Waals surface area contributed by atoms with E-state index in [4.69, 9.17) is 0 Å². The molecule has 1 aliphatic rings. The molecule has 0 aliphatic carbocycles. The zero-order chi connectivity index (χ0) is 15.8. The van der Waals surface area contributed by atoms with E-state index in [1.54, 1.807) is 6.92 Å². The monoisotopic (exact) mass is 294 g/mol. The zero-order valence-electron chi connectivity index (χ0n) is 13.9. The van der Waals surface area contributed by atoms with Crippen LogP contribution in [0.4, 0.5) is 0 Å². The van der Waals surface area contributed by atoms with Crippen molar-refractivity contribution in [1.82, 2.24) is 30.0 Å². The molecule has 0 unspecified atom stereocenters. The Morgan fingerprint density at radius 2 is 1.95 bits per heavy atom. The molecule has 1 saturated heterocycles. The van der Waals surface area contributed by atoms with Gasteiger partial charge in [-0.2, -0.15) is 0 Å². The van der Waals surface area contributed by atoms with Gasteiger partial charge >= 0.3 is 0 Å². The molecule has 21 heavy (non-hydrogen) atoms. The van der Waals surface area contributed by atoms with Crippen LogP contribution in [0.5, 0.6) is 0 Å². The number of hydrogen-bond acceptors (Lipinski definition) is 5. The molecule has 7 nitrogen and oxygen atoms in total. The van der Waals surface area contributed by atoms with Gasteiger partial charge in [-0.3, -0.25) is 9.69 Å². The Balaban J connectivity index is 2.14. The van der Waals surface area contributed by atoms with E-state index < -0.39 is 0 Å². The number of aromatic nitrogens is 4. The predicted molar refractivity (Wildman–Crippen MR) is 79.6 cm³/mol. The van der Waals surface area contributed by atoms with Crippen molar-refractivity contribution in [1.29, 1.82) is 0 Å². The molecule has 0 radical (unpaired) electrons. The lowest BCUT2D eigenvalue weighted by Gasteiger charge is -2.46. The van der Waals surface area contributed by atoms with Gasteiger partial charge in [0, 0.05) is 32.1 Å². The summed E-state index contributed by atoms with van der Waals surface area (Å²) >= 11 is 0. The van der Waals surface area contributed by atoms with Gasteiger partial charge in [0.1, 0.15) is 0 Å². The normalized spacial score (nSPS) is 19.8. The Kier molecular flexibility index (Phi) is 4.06. The van der Waals surface area contributed by atoms with Gasteiger partial charge in [0.25, 0.3) is 0 Å². The molecule has 2 rings (SSSR count). The van der Waals surface area contributed by atoms with Crippen molar-refractivity contribution in [3.05, 3.63) is 5.82 Å². The van der Waals surface area contributed by atoms with Gasteiger partial charge in [-0.25, -0.2) is 4.68 Å². The smallest absolute Gasteiger partial charge is 0.219 e. The van der Waals surface area contributed by atoms with Gasteiger partial charge in [-0.05, 0) is 45.0 Å². The molecule has 0 bridgehead atoms. The summed E-state index contributed by atoms with van der Waals surface area (Å²) in [6, 6.07) is 0. The van der Waals surface area contributed by atoms with Crippen LogP contribution in [0.2, 0.25) is 0 Å². The molecule has 1 aromatic rings. The first-order valence-corrected chi connectivity index (χ1v) is 7.39. The lowest BCUT2D eigenvalue weighted by Crippen LogP contribution is -2.59. The standard InChI is InChI=1S/C14H26N6O/c1-11(21)18-7-8-19(14(5,6)10-18)9-12-15-16-17-20(12)13(2,3)4/h7-10H2,1-6H3. The van der Waals surface area contributed by atoms with E-state index in [-0.39, 0.29) is 17.0 Å². The fourth-order valence-corrected chi connectivity index (χ4v) is 2.75. The fourth-order valence-electron chi connectivity index (χ4n) is 2.75. The van der Waals surface area contributed by atoms with Crippen LogP contribution in [0.15, 0.2) is 0 Å². The Labute approximate surface area is 126 Å². The average Bonchev–Trinajstić information content (AvgIpc) is 2.79. The van der Waals surface area contributed by atoms with E-state index in [1.165, 1.54) is 0 Å². The van der Waals surface area contributed by atoms with Crippen molar-refractivity contribution in [3.63, 3.8) is 0 Å². The second-order valence-corrected chi connectivity index (χ2v) is 7.35. The number of rotatable bonds is 2. The van der Waals surface area contributed by atoms with E-state index in [2.05, 4.69) is 55.0 Å². The van der Waals surface area contributed by atoms with Gasteiger partial charge in [0.05, 0.1) is 12.1 Å². The molecule has 1 amide bonds. The lowest BCUT2D eigenvalue weighted by molar-refractivity contribution is -0.134. The van der Waals surface area contributed by atoms with Crippen LogP contribution < -0.4 is 0 Å². The second-order valence-electron chi connectivity index (χ2n) is 7.35. The number of nitrogens with zero attached hydrogens (tertiary/aromatic N) is 6. The maximum atomic E-state index is 11.6. The summed E-state index contributed by atoms with van der Waals surface area (Å²) in [6.45, 7) is 15.2. The van der Waals surface area contributed by atoms with Crippen LogP contribution in [0, 0.1) is 0 Å². The van der Waals surface area contributed by atoms with E-state index >= 15 is 0 Å². The van der Waals surface area contributed by atoms with Gasteiger partial charge < -0.3 is 4.90 Å². The van der Waals surface area contributed by atoms with Crippen LogP contribution >= 0.6 is 0 Å². The van der Waals surface area contributed by atoms with Crippen molar-refractivity contribution in [2.24, 2.45) is 0 Å². The van der Waals surface area contributed by atoms with Crippen molar-refractivity contribution in [2.75, 3.05) is 19.6 Å². The van der Waals surface area contributed by atoms with Crippen LogP contribution in [0.25, 0.3) is 0 Å². The predicted octanol–water partition coefficient (Wildman–Crippen LogP) is 0.871. The van der Waals surface area contributed by atoms with Gasteiger partial charge in [-0.15, -0.1) is 5.10 Å². The molecule has 0 N–H and O–H groups in total. The average molecular weight is 294 g/mol. The summed E-state index contributed by atoms with van der Waals surface area (Å²) in [6.07, 6.45) is 0. The summed E-state index contributed by atoms with van der Waals surface area (Å²) in [5, 5.41) is 12.1. The topological polar surface area (TPSA) is 67.2 Å². The maximum absolute atomic E-state index is 11.6. The molecular weight excluding hydrogens is 268 g/mol. The van der Waals surface area contributed by atoms with Crippen LogP contribution in [-0.2, 0) is 16.9 Å². The number of amides is 1. The number of piperazine rings is 1. The third-order valence-electron chi connectivity index (χ3n) is 4.02. The zero-order valence-corrected chi connectivity index (χ0v) is 13.9. The molecule has 0 aromatic carbocycles. The highest BCUT2D eigenvalue weighted by Gasteiger charge is 2.36. The highest BCUT2D eigenvalue weighted by molar-refractivity contribution is 5.73. The molecule has 0 atom stereocenters.